The van der Waals surface area contributed by atoms with Crippen molar-refractivity contribution in [2.45, 2.75) is 13.8 Å². The van der Waals surface area contributed by atoms with Gasteiger partial charge in [-0.05, 0) is 43.3 Å². The number of hydrogen-bond donors (Lipinski definition) is 1. The molecule has 4 rings (SSSR count). The van der Waals surface area contributed by atoms with Gasteiger partial charge in [0.1, 0.15) is 12.1 Å². The van der Waals surface area contributed by atoms with Gasteiger partial charge in [0, 0.05) is 32.6 Å². The van der Waals surface area contributed by atoms with Gasteiger partial charge in [0.25, 0.3) is 0 Å². The van der Waals surface area contributed by atoms with Crippen LogP contribution in [0.4, 0.5) is 11.4 Å². The summed E-state index contributed by atoms with van der Waals surface area (Å²) in [6, 6.07) is 12.8. The Morgan fingerprint density at radius 1 is 1.03 bits per heavy atom. The van der Waals surface area contributed by atoms with E-state index in [0.29, 0.717) is 52.0 Å². The molecule has 0 spiro atoms. The van der Waals surface area contributed by atoms with E-state index in [0.717, 1.165) is 11.3 Å². The van der Waals surface area contributed by atoms with Gasteiger partial charge in [-0.25, -0.2) is 9.97 Å². The third-order valence-corrected chi connectivity index (χ3v) is 5.24. The fourth-order valence-electron chi connectivity index (χ4n) is 3.57. The van der Waals surface area contributed by atoms with Crippen molar-refractivity contribution in [2.75, 3.05) is 38.0 Å². The molecule has 4 aromatic rings. The Kier molecular flexibility index (Phi) is 6.96. The summed E-state index contributed by atoms with van der Waals surface area (Å²) in [4.78, 5) is 27.0. The largest absolute Gasteiger partial charge is 0.493 e. The van der Waals surface area contributed by atoms with Gasteiger partial charge in [-0.15, -0.1) is 0 Å². The van der Waals surface area contributed by atoms with E-state index >= 15 is 0 Å². The number of nitrogens with one attached hydrogen (secondary N) is 1. The Balaban J connectivity index is 1.75. The minimum absolute atomic E-state index is 0.177. The van der Waals surface area contributed by atoms with Gasteiger partial charge in [0.15, 0.2) is 11.5 Å². The summed E-state index contributed by atoms with van der Waals surface area (Å²) in [5.41, 5.74) is 3.67. The Bertz CT molecular complexity index is 1360. The zero-order chi connectivity index (χ0) is 24.9. The van der Waals surface area contributed by atoms with Crippen molar-refractivity contribution in [3.8, 4) is 34.4 Å². The first-order chi connectivity index (χ1) is 16.9. The van der Waals surface area contributed by atoms with E-state index in [1.807, 2.05) is 44.1 Å². The lowest BCUT2D eigenvalue weighted by molar-refractivity contribution is -0.114. The number of fused-ring (bicyclic) bond motifs is 1. The molecular weight excluding hydrogens is 446 g/mol. The molecule has 0 saturated carbocycles. The third kappa shape index (κ3) is 5.24. The van der Waals surface area contributed by atoms with Crippen molar-refractivity contribution >= 4 is 28.2 Å². The maximum atomic E-state index is 11.8. The van der Waals surface area contributed by atoms with Gasteiger partial charge in [-0.1, -0.05) is 0 Å². The molecule has 0 unspecified atom stereocenters. The highest BCUT2D eigenvalue weighted by Crippen LogP contribution is 2.38. The summed E-state index contributed by atoms with van der Waals surface area (Å²) in [6.07, 6.45) is 3.22. The summed E-state index contributed by atoms with van der Waals surface area (Å²) in [7, 11) is 5.48. The number of carbonyl (C=O) groups excluding carboxylic acids is 1. The molecule has 0 aliphatic rings. The number of ether oxygens (including phenoxy) is 3. The second-order valence-corrected chi connectivity index (χ2v) is 7.92. The maximum absolute atomic E-state index is 11.8. The second kappa shape index (κ2) is 10.3. The summed E-state index contributed by atoms with van der Waals surface area (Å²) in [5.74, 6) is 1.88. The van der Waals surface area contributed by atoms with E-state index < -0.39 is 0 Å². The molecule has 35 heavy (non-hydrogen) atoms. The van der Waals surface area contributed by atoms with Crippen LogP contribution < -0.4 is 24.4 Å². The van der Waals surface area contributed by atoms with Crippen molar-refractivity contribution in [2.24, 2.45) is 0 Å². The van der Waals surface area contributed by atoms with Gasteiger partial charge in [-0.3, -0.25) is 9.78 Å². The van der Waals surface area contributed by atoms with Crippen LogP contribution in [0.3, 0.4) is 0 Å². The molecule has 2 heterocycles. The SMILES string of the molecule is CCOc1cc2ncnc(Oc3ccc(NC(C)=O)c(-c4ccc(N(C)C)cn4)c3)c2cc1OC. The smallest absolute Gasteiger partial charge is 0.230 e. The number of rotatable bonds is 8. The van der Waals surface area contributed by atoms with Crippen LogP contribution >= 0.6 is 0 Å². The molecule has 2 aromatic heterocycles. The number of aromatic nitrogens is 3. The second-order valence-electron chi connectivity index (χ2n) is 7.92. The maximum Gasteiger partial charge on any atom is 0.230 e. The summed E-state index contributed by atoms with van der Waals surface area (Å²) < 4.78 is 17.3. The van der Waals surface area contributed by atoms with E-state index in [4.69, 9.17) is 14.2 Å². The predicted molar refractivity (Wildman–Crippen MR) is 136 cm³/mol. The summed E-state index contributed by atoms with van der Waals surface area (Å²) in [5, 5.41) is 3.54. The average molecular weight is 474 g/mol. The number of methoxy groups -OCH3 is 1. The minimum Gasteiger partial charge on any atom is -0.493 e. The van der Waals surface area contributed by atoms with Crippen LogP contribution in [0.1, 0.15) is 13.8 Å². The number of amides is 1. The van der Waals surface area contributed by atoms with Gasteiger partial charge < -0.3 is 24.4 Å². The van der Waals surface area contributed by atoms with Crippen molar-refractivity contribution in [3.05, 3.63) is 55.0 Å². The molecule has 2 aromatic carbocycles. The van der Waals surface area contributed by atoms with E-state index in [1.165, 1.54) is 13.3 Å². The molecule has 0 radical (unpaired) electrons. The van der Waals surface area contributed by atoms with Gasteiger partial charge in [-0.2, -0.15) is 0 Å². The fraction of sp³-hybridized carbons (Fsp3) is 0.231. The molecule has 0 fully saturated rings. The quantitative estimate of drug-likeness (QED) is 0.385. The van der Waals surface area contributed by atoms with Crippen LogP contribution in [0, 0.1) is 0 Å². The highest BCUT2D eigenvalue weighted by Gasteiger charge is 2.15. The Labute approximate surface area is 203 Å². The number of carbonyl (C=O) groups is 1. The number of pyridine rings is 1. The monoisotopic (exact) mass is 473 g/mol. The summed E-state index contributed by atoms with van der Waals surface area (Å²) >= 11 is 0. The van der Waals surface area contributed by atoms with Crippen LogP contribution in [0.25, 0.3) is 22.2 Å². The van der Waals surface area contributed by atoms with Crippen LogP contribution in [-0.4, -0.2) is 48.7 Å². The fourth-order valence-corrected chi connectivity index (χ4v) is 3.57. The highest BCUT2D eigenvalue weighted by molar-refractivity contribution is 5.94. The topological polar surface area (TPSA) is 98.7 Å². The van der Waals surface area contributed by atoms with Crippen molar-refractivity contribution in [1.29, 1.82) is 0 Å². The number of nitrogens with zero attached hydrogens (tertiary/aromatic N) is 4. The Morgan fingerprint density at radius 2 is 1.86 bits per heavy atom. The Hall–Kier alpha value is -4.40. The zero-order valence-corrected chi connectivity index (χ0v) is 20.3. The standard InChI is InChI=1S/C26H27N5O4/c1-6-34-25-13-23-20(12-24(25)33-5)26(29-15-28-23)35-18-8-10-22(30-16(2)32)19(11-18)21-9-7-17(14-27-21)31(3)4/h7-15H,6H2,1-5H3,(H,30,32). The number of hydrogen-bond acceptors (Lipinski definition) is 8. The normalized spacial score (nSPS) is 10.7. The molecular formula is C26H27N5O4. The lowest BCUT2D eigenvalue weighted by Gasteiger charge is -2.15. The number of anilines is 2. The molecule has 0 aliphatic carbocycles. The Morgan fingerprint density at radius 3 is 2.51 bits per heavy atom. The first kappa shape index (κ1) is 23.7. The van der Waals surface area contributed by atoms with Crippen LogP contribution in [0.15, 0.2) is 55.0 Å². The van der Waals surface area contributed by atoms with E-state index in [1.54, 1.807) is 37.6 Å². The number of benzene rings is 2. The molecule has 0 atom stereocenters. The lowest BCUT2D eigenvalue weighted by Crippen LogP contribution is -2.09. The molecule has 9 nitrogen and oxygen atoms in total. The van der Waals surface area contributed by atoms with Crippen molar-refractivity contribution in [3.63, 3.8) is 0 Å². The highest BCUT2D eigenvalue weighted by atomic mass is 16.5. The molecule has 0 aliphatic heterocycles. The molecule has 0 saturated heterocycles. The van der Waals surface area contributed by atoms with Crippen LogP contribution in [0.2, 0.25) is 0 Å². The van der Waals surface area contributed by atoms with E-state index in [2.05, 4.69) is 20.3 Å². The molecule has 9 heteroatoms. The molecule has 1 amide bonds. The van der Waals surface area contributed by atoms with Crippen molar-refractivity contribution < 1.29 is 19.0 Å². The predicted octanol–water partition coefficient (Wildman–Crippen LogP) is 4.92. The van der Waals surface area contributed by atoms with Gasteiger partial charge in [0.05, 0.1) is 47.9 Å². The van der Waals surface area contributed by atoms with E-state index in [9.17, 15) is 4.79 Å². The van der Waals surface area contributed by atoms with Crippen LogP contribution in [0.5, 0.6) is 23.1 Å². The summed E-state index contributed by atoms with van der Waals surface area (Å²) in [6.45, 7) is 3.88. The first-order valence-electron chi connectivity index (χ1n) is 11.1. The lowest BCUT2D eigenvalue weighted by atomic mass is 10.1. The van der Waals surface area contributed by atoms with Gasteiger partial charge >= 0.3 is 0 Å². The average Bonchev–Trinajstić information content (AvgIpc) is 2.84. The minimum atomic E-state index is -0.177. The molecule has 1 N–H and O–H groups in total. The molecule has 0 bridgehead atoms. The zero-order valence-electron chi connectivity index (χ0n) is 20.3. The first-order valence-corrected chi connectivity index (χ1v) is 11.1. The third-order valence-electron chi connectivity index (χ3n) is 5.24. The van der Waals surface area contributed by atoms with E-state index in [-0.39, 0.29) is 5.91 Å². The van der Waals surface area contributed by atoms with Crippen LogP contribution in [-0.2, 0) is 4.79 Å². The van der Waals surface area contributed by atoms with Gasteiger partial charge in [0.2, 0.25) is 11.8 Å². The van der Waals surface area contributed by atoms with Crippen molar-refractivity contribution in [1.82, 2.24) is 15.0 Å². The molecule has 180 valence electrons.